The fraction of sp³-hybridized carbons (Fsp3) is 0.438. The molecule has 1 unspecified atom stereocenters. The number of hydrogen-bond donors (Lipinski definition) is 1. The predicted molar refractivity (Wildman–Crippen MR) is 82.6 cm³/mol. The first-order chi connectivity index (χ1) is 10.8. The van der Waals surface area contributed by atoms with Gasteiger partial charge in [-0.25, -0.2) is 4.98 Å². The first-order valence-corrected chi connectivity index (χ1v) is 7.60. The lowest BCUT2D eigenvalue weighted by atomic mass is 10.1. The van der Waals surface area contributed by atoms with Gasteiger partial charge >= 0.3 is 0 Å². The number of aryl methyl sites for hydroxylation is 1. The highest BCUT2D eigenvalue weighted by Crippen LogP contribution is 2.15. The van der Waals surface area contributed by atoms with Crippen molar-refractivity contribution in [1.29, 1.82) is 0 Å². The Morgan fingerprint density at radius 2 is 2.27 bits per heavy atom. The van der Waals surface area contributed by atoms with E-state index < -0.39 is 6.10 Å². The third kappa shape index (κ3) is 3.27. The van der Waals surface area contributed by atoms with E-state index in [1.165, 1.54) is 0 Å². The second-order valence-corrected chi connectivity index (χ2v) is 5.28. The topological polar surface area (TPSA) is 76.7 Å². The SMILES string of the molecule is CCC1=NOC(C(=O)NCCCc2nc3ccccc3o2)C1. The highest BCUT2D eigenvalue weighted by Gasteiger charge is 2.26. The maximum absolute atomic E-state index is 11.9. The van der Waals surface area contributed by atoms with E-state index in [1.807, 2.05) is 31.2 Å². The number of benzene rings is 1. The van der Waals surface area contributed by atoms with Crippen molar-refractivity contribution >= 4 is 22.7 Å². The van der Waals surface area contributed by atoms with Gasteiger partial charge in [-0.2, -0.15) is 0 Å². The minimum atomic E-state index is -0.473. The van der Waals surface area contributed by atoms with Gasteiger partial charge in [0.1, 0.15) is 5.52 Å². The Kier molecular flexibility index (Phi) is 4.37. The molecule has 0 radical (unpaired) electrons. The van der Waals surface area contributed by atoms with Gasteiger partial charge in [0, 0.05) is 19.4 Å². The Hall–Kier alpha value is -2.37. The van der Waals surface area contributed by atoms with E-state index >= 15 is 0 Å². The van der Waals surface area contributed by atoms with Crippen LogP contribution in [0.5, 0.6) is 0 Å². The van der Waals surface area contributed by atoms with E-state index in [0.717, 1.165) is 29.7 Å². The van der Waals surface area contributed by atoms with Gasteiger partial charge in [-0.1, -0.05) is 24.2 Å². The van der Waals surface area contributed by atoms with Crippen LogP contribution in [0.4, 0.5) is 0 Å². The summed E-state index contributed by atoms with van der Waals surface area (Å²) in [5, 5.41) is 6.75. The summed E-state index contributed by atoms with van der Waals surface area (Å²) in [5.74, 6) is 0.592. The molecule has 6 heteroatoms. The Morgan fingerprint density at radius 3 is 3.05 bits per heavy atom. The van der Waals surface area contributed by atoms with Crippen LogP contribution in [-0.2, 0) is 16.1 Å². The second-order valence-electron chi connectivity index (χ2n) is 5.28. The third-order valence-corrected chi connectivity index (χ3v) is 3.64. The molecule has 1 aromatic carbocycles. The van der Waals surface area contributed by atoms with Crippen molar-refractivity contribution < 1.29 is 14.0 Å². The van der Waals surface area contributed by atoms with Crippen molar-refractivity contribution in [2.24, 2.45) is 5.16 Å². The zero-order valence-corrected chi connectivity index (χ0v) is 12.5. The first kappa shape index (κ1) is 14.6. The molecule has 0 bridgehead atoms. The Morgan fingerprint density at radius 1 is 1.41 bits per heavy atom. The molecule has 1 N–H and O–H groups in total. The van der Waals surface area contributed by atoms with Crippen LogP contribution in [0, 0.1) is 0 Å². The summed E-state index contributed by atoms with van der Waals surface area (Å²) in [6.07, 6.45) is 2.40. The molecule has 1 atom stereocenters. The maximum Gasteiger partial charge on any atom is 0.264 e. The summed E-state index contributed by atoms with van der Waals surface area (Å²) in [5.41, 5.74) is 2.60. The molecule has 0 aliphatic carbocycles. The predicted octanol–water partition coefficient (Wildman–Crippen LogP) is 2.43. The van der Waals surface area contributed by atoms with Crippen LogP contribution in [0.2, 0.25) is 0 Å². The molecule has 3 rings (SSSR count). The molecule has 1 aliphatic heterocycles. The molecule has 22 heavy (non-hydrogen) atoms. The average molecular weight is 301 g/mol. The largest absolute Gasteiger partial charge is 0.441 e. The van der Waals surface area contributed by atoms with E-state index in [0.29, 0.717) is 25.3 Å². The normalized spacial score (nSPS) is 17.3. The number of carbonyl (C=O) groups is 1. The molecule has 0 saturated heterocycles. The highest BCUT2D eigenvalue weighted by atomic mass is 16.6. The number of hydrogen-bond acceptors (Lipinski definition) is 5. The van der Waals surface area contributed by atoms with E-state index in [-0.39, 0.29) is 5.91 Å². The fourth-order valence-corrected chi connectivity index (χ4v) is 2.37. The number of amides is 1. The van der Waals surface area contributed by atoms with Gasteiger partial charge in [-0.05, 0) is 25.0 Å². The molecule has 2 aromatic rings. The van der Waals surface area contributed by atoms with Crippen LogP contribution < -0.4 is 5.32 Å². The molecule has 1 aliphatic rings. The summed E-state index contributed by atoms with van der Waals surface area (Å²) in [4.78, 5) is 21.4. The molecule has 6 nitrogen and oxygen atoms in total. The van der Waals surface area contributed by atoms with E-state index in [2.05, 4.69) is 15.5 Å². The van der Waals surface area contributed by atoms with E-state index in [1.54, 1.807) is 0 Å². The van der Waals surface area contributed by atoms with Crippen LogP contribution >= 0.6 is 0 Å². The number of oxime groups is 1. The lowest BCUT2D eigenvalue weighted by Crippen LogP contribution is -2.35. The summed E-state index contributed by atoms with van der Waals surface area (Å²) in [6, 6.07) is 7.68. The van der Waals surface area contributed by atoms with Crippen molar-refractivity contribution in [3.05, 3.63) is 30.2 Å². The summed E-state index contributed by atoms with van der Waals surface area (Å²) >= 11 is 0. The van der Waals surface area contributed by atoms with Crippen LogP contribution in [0.1, 0.15) is 32.1 Å². The second kappa shape index (κ2) is 6.60. The zero-order valence-electron chi connectivity index (χ0n) is 12.5. The van der Waals surface area contributed by atoms with Crippen molar-refractivity contribution in [3.8, 4) is 0 Å². The lowest BCUT2D eigenvalue weighted by molar-refractivity contribution is -0.131. The molecule has 1 amide bonds. The number of rotatable bonds is 6. The molecule has 2 heterocycles. The fourth-order valence-electron chi connectivity index (χ4n) is 2.37. The number of nitrogens with one attached hydrogen (secondary N) is 1. The summed E-state index contributed by atoms with van der Waals surface area (Å²) in [7, 11) is 0. The van der Waals surface area contributed by atoms with Crippen molar-refractivity contribution in [2.75, 3.05) is 6.54 Å². The van der Waals surface area contributed by atoms with Crippen molar-refractivity contribution in [3.63, 3.8) is 0 Å². The standard InChI is InChI=1S/C16H19N3O3/c1-2-11-10-14(22-19-11)16(20)17-9-5-8-15-18-12-6-3-4-7-13(12)21-15/h3-4,6-7,14H,2,5,8-10H2,1H3,(H,17,20). The number of carbonyl (C=O) groups excluding carboxylic acids is 1. The van der Waals surface area contributed by atoms with Crippen molar-refractivity contribution in [2.45, 2.75) is 38.7 Å². The lowest BCUT2D eigenvalue weighted by Gasteiger charge is -2.08. The minimum Gasteiger partial charge on any atom is -0.441 e. The Balaban J connectivity index is 1.41. The number of nitrogens with zero attached hydrogens (tertiary/aromatic N) is 2. The number of fused-ring (bicyclic) bond motifs is 1. The highest BCUT2D eigenvalue weighted by molar-refractivity contribution is 5.92. The molecule has 1 aromatic heterocycles. The number of oxazole rings is 1. The van der Waals surface area contributed by atoms with Crippen LogP contribution in [0.15, 0.2) is 33.8 Å². The molecular formula is C16H19N3O3. The van der Waals surface area contributed by atoms with E-state index in [4.69, 9.17) is 9.25 Å². The minimum absolute atomic E-state index is 0.107. The van der Waals surface area contributed by atoms with Gasteiger partial charge in [0.25, 0.3) is 5.91 Å². The van der Waals surface area contributed by atoms with Crippen LogP contribution in [0.3, 0.4) is 0 Å². The molecule has 0 saturated carbocycles. The van der Waals surface area contributed by atoms with Crippen molar-refractivity contribution in [1.82, 2.24) is 10.3 Å². The Labute approximate surface area is 128 Å². The first-order valence-electron chi connectivity index (χ1n) is 7.60. The molecule has 0 spiro atoms. The number of aromatic nitrogens is 1. The van der Waals surface area contributed by atoms with Gasteiger partial charge in [-0.15, -0.1) is 0 Å². The maximum atomic E-state index is 11.9. The average Bonchev–Trinajstić information content (AvgIpc) is 3.17. The monoisotopic (exact) mass is 301 g/mol. The van der Waals surface area contributed by atoms with Gasteiger partial charge < -0.3 is 14.6 Å². The van der Waals surface area contributed by atoms with Crippen LogP contribution in [-0.4, -0.2) is 29.3 Å². The Bertz CT molecular complexity index is 660. The smallest absolute Gasteiger partial charge is 0.264 e. The molecular weight excluding hydrogens is 282 g/mol. The third-order valence-electron chi connectivity index (χ3n) is 3.64. The van der Waals surface area contributed by atoms with Gasteiger partial charge in [0.05, 0.1) is 5.71 Å². The summed E-state index contributed by atoms with van der Waals surface area (Å²) < 4.78 is 5.64. The number of para-hydroxylation sites is 2. The van der Waals surface area contributed by atoms with Gasteiger partial charge in [0.15, 0.2) is 11.5 Å². The molecule has 0 fully saturated rings. The zero-order chi connectivity index (χ0) is 15.4. The quantitative estimate of drug-likeness (QED) is 0.831. The summed E-state index contributed by atoms with van der Waals surface area (Å²) in [6.45, 7) is 2.57. The molecule has 116 valence electrons. The van der Waals surface area contributed by atoms with Gasteiger partial charge in [-0.3, -0.25) is 4.79 Å². The van der Waals surface area contributed by atoms with E-state index in [9.17, 15) is 4.79 Å². The van der Waals surface area contributed by atoms with Crippen LogP contribution in [0.25, 0.3) is 11.1 Å². The van der Waals surface area contributed by atoms with Gasteiger partial charge in [0.2, 0.25) is 6.10 Å².